The first-order valence-corrected chi connectivity index (χ1v) is 30.2. The summed E-state index contributed by atoms with van der Waals surface area (Å²) in [5, 5.41) is 3.80. The predicted octanol–water partition coefficient (Wildman–Crippen LogP) is 24.2. The predicted molar refractivity (Wildman–Crippen MR) is 361 cm³/mol. The highest BCUT2D eigenvalue weighted by Crippen LogP contribution is 2.48. The zero-order valence-corrected chi connectivity index (χ0v) is 52.4. The first-order chi connectivity index (χ1) is 42.7. The molecule has 9 heteroatoms. The van der Waals surface area contributed by atoms with Gasteiger partial charge in [-0.25, -0.2) is 4.85 Å². The highest BCUT2D eigenvalue weighted by Gasteiger charge is 2.37. The van der Waals surface area contributed by atoms with Crippen LogP contribution in [0, 0.1) is 89.7 Å². The van der Waals surface area contributed by atoms with Gasteiger partial charge >= 0.3 is 12.4 Å². The molecule has 0 atom stereocenters. The van der Waals surface area contributed by atoms with E-state index < -0.39 is 23.5 Å². The Morgan fingerprint density at radius 3 is 0.911 bits per heavy atom. The van der Waals surface area contributed by atoms with Crippen molar-refractivity contribution < 1.29 is 26.3 Å². The molecule has 0 fully saturated rings. The van der Waals surface area contributed by atoms with Gasteiger partial charge in [0.25, 0.3) is 0 Å². The van der Waals surface area contributed by atoms with E-state index in [2.05, 4.69) is 218 Å². The van der Waals surface area contributed by atoms with Gasteiger partial charge in [0.05, 0.1) is 45.5 Å². The topological polar surface area (TPSA) is 14.2 Å². The Morgan fingerprint density at radius 2 is 0.600 bits per heavy atom. The van der Waals surface area contributed by atoms with E-state index in [1.54, 1.807) is 18.2 Å². The van der Waals surface area contributed by atoms with Crippen LogP contribution in [0.2, 0.25) is 0 Å². The summed E-state index contributed by atoms with van der Waals surface area (Å²) in [5.41, 5.74) is 25.4. The lowest BCUT2D eigenvalue weighted by Gasteiger charge is -2.21. The summed E-state index contributed by atoms with van der Waals surface area (Å²) in [6, 6.07) is 55.9. The summed E-state index contributed by atoms with van der Waals surface area (Å²) < 4.78 is 93.3. The van der Waals surface area contributed by atoms with Gasteiger partial charge in [0.2, 0.25) is 0 Å². The number of hydrogen-bond acceptors (Lipinski definition) is 0. The lowest BCUT2D eigenvalue weighted by atomic mass is 9.91. The smallest absolute Gasteiger partial charge is 0.310 e. The van der Waals surface area contributed by atoms with Crippen molar-refractivity contribution in [1.29, 1.82) is 0 Å². The first-order valence-electron chi connectivity index (χ1n) is 30.2. The second-order valence-electron chi connectivity index (χ2n) is 25.0. The number of aromatic nitrogens is 2. The lowest BCUT2D eigenvalue weighted by molar-refractivity contribution is -0.143. The van der Waals surface area contributed by atoms with Gasteiger partial charge in [-0.1, -0.05) is 113 Å². The Balaban J connectivity index is 1.15. The molecule has 11 aromatic carbocycles. The van der Waals surface area contributed by atoms with E-state index in [-0.39, 0.29) is 17.2 Å². The van der Waals surface area contributed by atoms with Crippen LogP contribution in [0.5, 0.6) is 0 Å². The van der Waals surface area contributed by atoms with Gasteiger partial charge < -0.3 is 9.13 Å². The minimum atomic E-state index is -5.09. The van der Waals surface area contributed by atoms with Crippen molar-refractivity contribution in [1.82, 2.24) is 9.13 Å². The first kappa shape index (κ1) is 59.1. The number of hydrogen-bond donors (Lipinski definition) is 0. The molecule has 0 saturated carbocycles. The fourth-order valence-electron chi connectivity index (χ4n) is 15.0. The van der Waals surface area contributed by atoms with Crippen molar-refractivity contribution in [2.75, 3.05) is 0 Å². The lowest BCUT2D eigenvalue weighted by Crippen LogP contribution is -2.11. The molecule has 0 spiro atoms. The fourth-order valence-corrected chi connectivity index (χ4v) is 15.0. The normalized spacial score (nSPS) is 12.1. The number of alkyl halides is 6. The van der Waals surface area contributed by atoms with Crippen LogP contribution in [0.25, 0.3) is 127 Å². The quantitative estimate of drug-likeness (QED) is 0.106. The molecule has 446 valence electrons. The second kappa shape index (κ2) is 21.7. The third-order valence-electron chi connectivity index (χ3n) is 18.2. The highest BCUT2D eigenvalue weighted by atomic mass is 19.4. The van der Waals surface area contributed by atoms with Gasteiger partial charge in [-0.2, -0.15) is 26.3 Å². The van der Waals surface area contributed by atoms with Crippen molar-refractivity contribution >= 4 is 49.3 Å². The standard InChI is InChI=1S/C81H65F6N3/c1-43-26-47(5)76(48(6)27-43)56-15-22-71-66(37-56)67-38-57(77-49(7)28-44(2)29-50(77)8)16-23-72(67)89(71)70-21-14-55(60-34-61(80(82,83)84)41-62(35-60)81(85,86)87)36-65(70)64-20-19-63(88-13)42-75(64)90-73-24-17-58(78-51(9)30-45(3)31-52(78)10)39-68(73)69-40-59(18-25-74(69)90)79-53(11)32-46(4)33-54(79)12/h14-42H,1-12H3. The van der Waals surface area contributed by atoms with Gasteiger partial charge in [0, 0.05) is 38.4 Å². The molecular formula is C81H65F6N3. The molecule has 0 aliphatic heterocycles. The second-order valence-corrected chi connectivity index (χ2v) is 25.0. The Labute approximate surface area is 521 Å². The molecule has 13 aromatic rings. The van der Waals surface area contributed by atoms with Crippen LogP contribution in [0.3, 0.4) is 0 Å². The molecule has 0 saturated heterocycles. The van der Waals surface area contributed by atoms with Crippen LogP contribution in [0.15, 0.2) is 176 Å². The van der Waals surface area contributed by atoms with Crippen LogP contribution in [0.4, 0.5) is 32.0 Å². The highest BCUT2D eigenvalue weighted by molar-refractivity contribution is 6.14. The van der Waals surface area contributed by atoms with Gasteiger partial charge in [0.1, 0.15) is 0 Å². The Kier molecular flexibility index (Phi) is 14.2. The monoisotopic (exact) mass is 1190 g/mol. The average Bonchev–Trinajstić information content (AvgIpc) is 1.55. The molecule has 90 heavy (non-hydrogen) atoms. The summed E-state index contributed by atoms with van der Waals surface area (Å²) in [7, 11) is 0. The van der Waals surface area contributed by atoms with Crippen LogP contribution < -0.4 is 0 Å². The number of fused-ring (bicyclic) bond motifs is 6. The molecule has 0 aliphatic carbocycles. The molecule has 13 rings (SSSR count). The van der Waals surface area contributed by atoms with Crippen LogP contribution in [0.1, 0.15) is 77.9 Å². The van der Waals surface area contributed by atoms with Crippen molar-refractivity contribution in [2.45, 2.75) is 95.4 Å². The molecule has 2 heterocycles. The largest absolute Gasteiger partial charge is 0.416 e. The minimum absolute atomic E-state index is 0.135. The van der Waals surface area contributed by atoms with E-state index >= 15 is 0 Å². The zero-order valence-electron chi connectivity index (χ0n) is 52.4. The summed E-state index contributed by atoms with van der Waals surface area (Å²) in [6.45, 7) is 33.9. The number of benzene rings is 11. The van der Waals surface area contributed by atoms with Crippen molar-refractivity contribution in [3.8, 4) is 78.1 Å². The average molecular weight is 1190 g/mol. The molecule has 0 radical (unpaired) electrons. The van der Waals surface area contributed by atoms with E-state index in [4.69, 9.17) is 6.57 Å². The van der Waals surface area contributed by atoms with E-state index in [1.165, 1.54) is 11.1 Å². The Morgan fingerprint density at radius 1 is 0.289 bits per heavy atom. The number of halogens is 6. The Bertz CT molecular complexity index is 4890. The minimum Gasteiger partial charge on any atom is -0.310 e. The van der Waals surface area contributed by atoms with E-state index in [9.17, 15) is 26.3 Å². The molecule has 3 nitrogen and oxygen atoms in total. The maximum absolute atomic E-state index is 14.8. The summed E-state index contributed by atoms with van der Waals surface area (Å²) in [5.74, 6) is 0. The van der Waals surface area contributed by atoms with Gasteiger partial charge in [-0.3, -0.25) is 0 Å². The summed E-state index contributed by atoms with van der Waals surface area (Å²) >= 11 is 0. The third kappa shape index (κ3) is 10.1. The van der Waals surface area contributed by atoms with Crippen molar-refractivity contribution in [2.24, 2.45) is 0 Å². The van der Waals surface area contributed by atoms with Crippen LogP contribution in [-0.4, -0.2) is 9.13 Å². The fraction of sp³-hybridized carbons (Fsp3) is 0.173. The summed E-state index contributed by atoms with van der Waals surface area (Å²) in [6.07, 6.45) is -10.2. The van der Waals surface area contributed by atoms with Gasteiger partial charge in [-0.15, -0.1) is 0 Å². The van der Waals surface area contributed by atoms with Crippen LogP contribution >= 0.6 is 0 Å². The molecule has 0 bridgehead atoms. The SMILES string of the molecule is [C-]#[N+]c1ccc(-c2cc(-c3cc(C(F)(F)F)cc(C(F)(F)F)c3)ccc2-n2c3ccc(-c4c(C)cc(C)cc4C)cc3c3cc(-c4c(C)cc(C)cc4C)ccc32)c(-n2c3ccc(-c4c(C)cc(C)cc4C)cc3c3cc(-c4c(C)cc(C)cc4C)ccc32)c1. The zero-order chi connectivity index (χ0) is 63.7. The van der Waals surface area contributed by atoms with Gasteiger partial charge in [-0.05, 0) is 268 Å². The molecule has 2 aromatic heterocycles. The third-order valence-corrected chi connectivity index (χ3v) is 18.2. The molecule has 0 aliphatic rings. The molecule has 0 unspecified atom stereocenters. The van der Waals surface area contributed by atoms with Crippen molar-refractivity contribution in [3.05, 3.63) is 265 Å². The molecule has 0 amide bonds. The van der Waals surface area contributed by atoms with Gasteiger partial charge in [0.15, 0.2) is 5.69 Å². The summed E-state index contributed by atoms with van der Waals surface area (Å²) in [4.78, 5) is 4.00. The Hall–Kier alpha value is -9.91. The van der Waals surface area contributed by atoms with E-state index in [0.717, 1.165) is 156 Å². The van der Waals surface area contributed by atoms with Crippen LogP contribution in [-0.2, 0) is 12.4 Å². The van der Waals surface area contributed by atoms with E-state index in [0.29, 0.717) is 28.2 Å². The number of rotatable bonds is 8. The maximum atomic E-state index is 14.8. The molecule has 0 N–H and O–H groups in total. The number of nitrogens with zero attached hydrogens (tertiary/aromatic N) is 3. The van der Waals surface area contributed by atoms with Crippen molar-refractivity contribution in [3.63, 3.8) is 0 Å². The maximum Gasteiger partial charge on any atom is 0.416 e. The molecular weight excluding hydrogens is 1130 g/mol. The van der Waals surface area contributed by atoms with E-state index in [1.807, 2.05) is 18.2 Å². The number of aryl methyl sites for hydroxylation is 12.